The summed E-state index contributed by atoms with van der Waals surface area (Å²) >= 11 is 9.18. The smallest absolute Gasteiger partial charge is 0.373 e. The van der Waals surface area contributed by atoms with Crippen LogP contribution < -0.4 is 0 Å². The number of rotatable bonds is 5. The van der Waals surface area contributed by atoms with Crippen molar-refractivity contribution in [2.24, 2.45) is 0 Å². The van der Waals surface area contributed by atoms with E-state index in [1.54, 1.807) is 6.92 Å². The van der Waals surface area contributed by atoms with Gasteiger partial charge in [-0.15, -0.1) is 24.2 Å². The minimum Gasteiger partial charge on any atom is -0.475 e. The Bertz CT molecular complexity index is 712. The van der Waals surface area contributed by atoms with Crippen molar-refractivity contribution in [3.63, 3.8) is 0 Å². The van der Waals surface area contributed by atoms with Gasteiger partial charge >= 0.3 is 5.97 Å². The maximum atomic E-state index is 11.2. The molecule has 1 aromatic carbocycles. The van der Waals surface area contributed by atoms with Crippen LogP contribution in [0.15, 0.2) is 39.1 Å². The predicted molar refractivity (Wildman–Crippen MR) is 97.5 cm³/mol. The second kappa shape index (κ2) is 8.78. The van der Waals surface area contributed by atoms with Crippen LogP contribution in [0.2, 0.25) is 5.02 Å². The van der Waals surface area contributed by atoms with Gasteiger partial charge in [0.25, 0.3) is 0 Å². The van der Waals surface area contributed by atoms with Crippen LogP contribution in [0.25, 0.3) is 0 Å². The van der Waals surface area contributed by atoms with E-state index in [0.29, 0.717) is 15.7 Å². The highest BCUT2D eigenvalue weighted by Gasteiger charge is 2.18. The van der Waals surface area contributed by atoms with Gasteiger partial charge in [0, 0.05) is 10.1 Å². The zero-order valence-electron chi connectivity index (χ0n) is 12.7. The number of aromatic nitrogens is 2. The molecule has 0 unspecified atom stereocenters. The highest BCUT2D eigenvalue weighted by Crippen LogP contribution is 2.40. The molecule has 0 saturated carbocycles. The first-order chi connectivity index (χ1) is 10.4. The lowest BCUT2D eigenvalue weighted by atomic mass is 10.4. The third kappa shape index (κ3) is 5.28. The lowest BCUT2D eigenvalue weighted by molar-refractivity contribution is 0.0681. The summed E-state index contributed by atoms with van der Waals surface area (Å²) in [6.45, 7) is 5.86. The zero-order valence-corrected chi connectivity index (χ0v) is 15.9. The maximum absolute atomic E-state index is 11.2. The fraction of sp³-hybridized carbons (Fsp3) is 0.267. The molecule has 0 aliphatic rings. The van der Waals surface area contributed by atoms with E-state index in [9.17, 15) is 4.79 Å². The van der Waals surface area contributed by atoms with Gasteiger partial charge in [0.2, 0.25) is 5.82 Å². The van der Waals surface area contributed by atoms with Crippen molar-refractivity contribution in [1.82, 2.24) is 9.97 Å². The predicted octanol–water partition coefficient (Wildman–Crippen LogP) is 5.21. The Kier molecular flexibility index (Phi) is 7.67. The van der Waals surface area contributed by atoms with E-state index >= 15 is 0 Å². The number of hydrogen-bond donors (Lipinski definition) is 1. The number of hydrogen-bond acceptors (Lipinski definition) is 5. The summed E-state index contributed by atoms with van der Waals surface area (Å²) in [5.41, 5.74) is 0.639. The molecule has 1 aromatic heterocycles. The number of carbonyl (C=O) groups is 1. The van der Waals surface area contributed by atoms with Gasteiger partial charge in [-0.3, -0.25) is 0 Å². The molecule has 0 spiro atoms. The molecule has 0 radical (unpaired) electrons. The van der Waals surface area contributed by atoms with E-state index in [2.05, 4.69) is 9.97 Å². The zero-order chi connectivity index (χ0) is 16.3. The molecule has 0 amide bonds. The second-order valence-electron chi connectivity index (χ2n) is 4.77. The van der Waals surface area contributed by atoms with E-state index in [-0.39, 0.29) is 23.5 Å². The maximum Gasteiger partial charge on any atom is 0.373 e. The number of halogens is 2. The van der Waals surface area contributed by atoms with Crippen molar-refractivity contribution >= 4 is 53.5 Å². The molecule has 0 atom stereocenters. The van der Waals surface area contributed by atoms with Gasteiger partial charge in [-0.05, 0) is 19.1 Å². The number of thioether (sulfide) groups is 1. The molecule has 23 heavy (non-hydrogen) atoms. The van der Waals surface area contributed by atoms with Crippen molar-refractivity contribution in [3.8, 4) is 0 Å². The molecule has 1 N–H and O–H groups in total. The van der Waals surface area contributed by atoms with Crippen molar-refractivity contribution in [1.29, 1.82) is 0 Å². The van der Waals surface area contributed by atoms with E-state index < -0.39 is 5.97 Å². The molecule has 0 bridgehead atoms. The first kappa shape index (κ1) is 20.1. The van der Waals surface area contributed by atoms with Crippen molar-refractivity contribution in [2.45, 2.75) is 40.8 Å². The highest BCUT2D eigenvalue weighted by atomic mass is 35.5. The highest BCUT2D eigenvalue weighted by molar-refractivity contribution is 8.02. The fourth-order valence-corrected chi connectivity index (χ4v) is 3.91. The number of carboxylic acid groups (broad SMARTS) is 1. The standard InChI is InChI=1S/C15H15ClN2O2S2.ClH/c1-8(2)21-14-12(9(3)17-13(18-14)15(19)20)22-11-7-5-4-6-10(11)16;/h4-8H,1-3H3,(H,19,20);1H. The largest absolute Gasteiger partial charge is 0.475 e. The molecule has 2 rings (SSSR count). The third-order valence-corrected chi connectivity index (χ3v) is 5.42. The van der Waals surface area contributed by atoms with E-state index in [4.69, 9.17) is 16.7 Å². The number of carboxylic acids is 1. The molecule has 1 heterocycles. The van der Waals surface area contributed by atoms with Gasteiger partial charge in [-0.2, -0.15) is 0 Å². The van der Waals surface area contributed by atoms with Crippen LogP contribution in [-0.4, -0.2) is 26.3 Å². The Hall–Kier alpha value is -0.950. The molecule has 8 heteroatoms. The minimum atomic E-state index is -1.12. The van der Waals surface area contributed by atoms with E-state index in [0.717, 1.165) is 9.79 Å². The molecule has 124 valence electrons. The van der Waals surface area contributed by atoms with E-state index in [1.807, 2.05) is 38.1 Å². The number of benzene rings is 1. The van der Waals surface area contributed by atoms with E-state index in [1.165, 1.54) is 23.5 Å². The SMILES string of the molecule is Cc1nc(C(=O)O)nc(SC(C)C)c1Sc1ccccc1Cl.Cl. The Balaban J connectivity index is 0.00000264. The van der Waals surface area contributed by atoms with Gasteiger partial charge in [-0.1, -0.05) is 49.3 Å². The first-order valence-electron chi connectivity index (χ1n) is 6.59. The van der Waals surface area contributed by atoms with Gasteiger partial charge in [-0.25, -0.2) is 14.8 Å². The summed E-state index contributed by atoms with van der Waals surface area (Å²) in [4.78, 5) is 21.2. The molecule has 4 nitrogen and oxygen atoms in total. The number of nitrogens with zero attached hydrogens (tertiary/aromatic N) is 2. The Labute approximate surface area is 154 Å². The molecule has 0 aliphatic carbocycles. The lowest BCUT2D eigenvalue weighted by Gasteiger charge is -2.13. The van der Waals surface area contributed by atoms with Gasteiger partial charge < -0.3 is 5.11 Å². The third-order valence-electron chi connectivity index (χ3n) is 2.59. The topological polar surface area (TPSA) is 63.1 Å². The lowest BCUT2D eigenvalue weighted by Crippen LogP contribution is -2.08. The average Bonchev–Trinajstić information content (AvgIpc) is 2.43. The molecule has 2 aromatic rings. The summed E-state index contributed by atoms with van der Waals surface area (Å²) in [6.07, 6.45) is 0. The molecular formula is C15H16Cl2N2O2S2. The van der Waals surface area contributed by atoms with Crippen molar-refractivity contribution < 1.29 is 9.90 Å². The Morgan fingerprint density at radius 1 is 1.26 bits per heavy atom. The monoisotopic (exact) mass is 390 g/mol. The molecular weight excluding hydrogens is 375 g/mol. The second-order valence-corrected chi connectivity index (χ2v) is 7.80. The van der Waals surface area contributed by atoms with Crippen LogP contribution in [-0.2, 0) is 0 Å². The molecule has 0 saturated heterocycles. The average molecular weight is 391 g/mol. The summed E-state index contributed by atoms with van der Waals surface area (Å²) < 4.78 is 0. The van der Waals surface area contributed by atoms with Crippen molar-refractivity contribution in [2.75, 3.05) is 0 Å². The number of aryl methyl sites for hydroxylation is 1. The van der Waals surface area contributed by atoms with Crippen LogP contribution in [0.4, 0.5) is 0 Å². The first-order valence-corrected chi connectivity index (χ1v) is 8.67. The van der Waals surface area contributed by atoms with Crippen molar-refractivity contribution in [3.05, 3.63) is 40.8 Å². The van der Waals surface area contributed by atoms with Gasteiger partial charge in [0.05, 0.1) is 15.6 Å². The molecule has 0 fully saturated rings. The van der Waals surface area contributed by atoms with Gasteiger partial charge in [0.1, 0.15) is 5.03 Å². The van der Waals surface area contributed by atoms with Crippen LogP contribution >= 0.6 is 47.5 Å². The van der Waals surface area contributed by atoms with Crippen LogP contribution in [0, 0.1) is 6.92 Å². The minimum absolute atomic E-state index is 0. The molecule has 0 aliphatic heterocycles. The Morgan fingerprint density at radius 3 is 2.48 bits per heavy atom. The summed E-state index contributed by atoms with van der Waals surface area (Å²) in [5.74, 6) is -1.30. The summed E-state index contributed by atoms with van der Waals surface area (Å²) in [7, 11) is 0. The van der Waals surface area contributed by atoms with Crippen LogP contribution in [0.3, 0.4) is 0 Å². The quantitative estimate of drug-likeness (QED) is 0.558. The van der Waals surface area contributed by atoms with Crippen LogP contribution in [0.1, 0.15) is 30.2 Å². The summed E-state index contributed by atoms with van der Waals surface area (Å²) in [6, 6.07) is 7.51. The number of aromatic carboxylic acids is 1. The van der Waals surface area contributed by atoms with Crippen LogP contribution in [0.5, 0.6) is 0 Å². The fourth-order valence-electron chi connectivity index (χ4n) is 1.69. The van der Waals surface area contributed by atoms with Gasteiger partial charge in [0.15, 0.2) is 0 Å². The Morgan fingerprint density at radius 2 is 1.91 bits per heavy atom. The normalized spacial score (nSPS) is 10.5. The summed E-state index contributed by atoms with van der Waals surface area (Å²) in [5, 5.41) is 10.7.